The van der Waals surface area contributed by atoms with Gasteiger partial charge in [-0.25, -0.2) is 0 Å². The molecule has 0 aliphatic carbocycles. The maximum atomic E-state index is 11.9. The zero-order valence-corrected chi connectivity index (χ0v) is 9.82. The molecule has 16 heavy (non-hydrogen) atoms. The third-order valence-electron chi connectivity index (χ3n) is 3.08. The fraction of sp³-hybridized carbons (Fsp3) is 0.583. The molecule has 0 radical (unpaired) electrons. The molecule has 1 aromatic heterocycles. The van der Waals surface area contributed by atoms with Gasteiger partial charge in [0, 0.05) is 32.1 Å². The van der Waals surface area contributed by atoms with Gasteiger partial charge in [-0.05, 0) is 26.1 Å². The number of furan rings is 1. The first-order chi connectivity index (χ1) is 7.66. The number of nitrogens with one attached hydrogen (secondary N) is 1. The van der Waals surface area contributed by atoms with Gasteiger partial charge in [0.05, 0.1) is 0 Å². The maximum Gasteiger partial charge on any atom is 0.199 e. The lowest BCUT2D eigenvalue weighted by atomic mass is 10.1. The summed E-state index contributed by atoms with van der Waals surface area (Å²) < 4.78 is 5.33. The number of aryl methyl sites for hydroxylation is 1. The van der Waals surface area contributed by atoms with E-state index in [1.54, 1.807) is 6.07 Å². The Morgan fingerprint density at radius 1 is 1.62 bits per heavy atom. The minimum absolute atomic E-state index is 0.0913. The summed E-state index contributed by atoms with van der Waals surface area (Å²) in [4.78, 5) is 14.1. The molecule has 88 valence electrons. The molecule has 1 aliphatic rings. The summed E-state index contributed by atoms with van der Waals surface area (Å²) in [5.41, 5.74) is 0. The molecule has 0 amide bonds. The van der Waals surface area contributed by atoms with Crippen LogP contribution in [0.2, 0.25) is 0 Å². The summed E-state index contributed by atoms with van der Waals surface area (Å²) in [7, 11) is 2.06. The monoisotopic (exact) mass is 222 g/mol. The number of hydrogen-bond acceptors (Lipinski definition) is 4. The van der Waals surface area contributed by atoms with Gasteiger partial charge in [-0.2, -0.15) is 0 Å². The lowest BCUT2D eigenvalue weighted by Crippen LogP contribution is -2.49. The van der Waals surface area contributed by atoms with Crippen molar-refractivity contribution in [2.75, 3.05) is 26.7 Å². The van der Waals surface area contributed by atoms with Gasteiger partial charge in [-0.1, -0.05) is 0 Å². The molecule has 4 heteroatoms. The molecule has 1 aliphatic heterocycles. The van der Waals surface area contributed by atoms with Crippen LogP contribution in [-0.4, -0.2) is 43.4 Å². The molecule has 1 aromatic rings. The predicted octanol–water partition coefficient (Wildman–Crippen LogP) is 1.06. The first-order valence-corrected chi connectivity index (χ1v) is 5.67. The highest BCUT2D eigenvalue weighted by atomic mass is 16.3. The largest absolute Gasteiger partial charge is 0.458 e. The zero-order chi connectivity index (χ0) is 11.5. The number of carbonyl (C=O) groups is 1. The van der Waals surface area contributed by atoms with Crippen LogP contribution in [0.4, 0.5) is 0 Å². The first-order valence-electron chi connectivity index (χ1n) is 5.67. The predicted molar refractivity (Wildman–Crippen MR) is 61.7 cm³/mol. The van der Waals surface area contributed by atoms with E-state index in [1.165, 1.54) is 0 Å². The highest BCUT2D eigenvalue weighted by Crippen LogP contribution is 2.13. The maximum absolute atomic E-state index is 11.9. The van der Waals surface area contributed by atoms with E-state index in [0.717, 1.165) is 25.4 Å². The van der Waals surface area contributed by atoms with Crippen molar-refractivity contribution in [1.82, 2.24) is 10.2 Å². The SMILES string of the molecule is Cc1ccc(C(=O)CC2CNCCN2C)o1. The quantitative estimate of drug-likeness (QED) is 0.777. The Labute approximate surface area is 95.6 Å². The normalized spacial score (nSPS) is 22.2. The molecular weight excluding hydrogens is 204 g/mol. The van der Waals surface area contributed by atoms with Gasteiger partial charge in [-0.3, -0.25) is 4.79 Å². The fourth-order valence-electron chi connectivity index (χ4n) is 1.99. The number of piperazine rings is 1. The Kier molecular flexibility index (Phi) is 3.41. The standard InChI is InChI=1S/C12H18N2O2/c1-9-3-4-12(16-9)11(15)7-10-8-13-5-6-14(10)2/h3-4,10,13H,5-8H2,1-2H3. The lowest BCUT2D eigenvalue weighted by Gasteiger charge is -2.32. The molecule has 1 fully saturated rings. The van der Waals surface area contributed by atoms with Crippen LogP contribution in [0.3, 0.4) is 0 Å². The van der Waals surface area contributed by atoms with Crippen LogP contribution < -0.4 is 5.32 Å². The fourth-order valence-corrected chi connectivity index (χ4v) is 1.99. The molecule has 1 saturated heterocycles. The van der Waals surface area contributed by atoms with Crippen LogP contribution in [0.5, 0.6) is 0 Å². The van der Waals surface area contributed by atoms with Gasteiger partial charge < -0.3 is 14.6 Å². The molecule has 0 saturated carbocycles. The van der Waals surface area contributed by atoms with Gasteiger partial charge >= 0.3 is 0 Å². The molecule has 0 aromatic carbocycles. The van der Waals surface area contributed by atoms with Crippen LogP contribution >= 0.6 is 0 Å². The molecule has 2 heterocycles. The third kappa shape index (κ3) is 2.51. The van der Waals surface area contributed by atoms with Crippen LogP contribution in [0.25, 0.3) is 0 Å². The molecule has 4 nitrogen and oxygen atoms in total. The Morgan fingerprint density at radius 2 is 2.44 bits per heavy atom. The number of carbonyl (C=O) groups excluding carboxylic acids is 1. The Balaban J connectivity index is 1.96. The van der Waals surface area contributed by atoms with E-state index in [9.17, 15) is 4.79 Å². The van der Waals surface area contributed by atoms with E-state index in [4.69, 9.17) is 4.42 Å². The average molecular weight is 222 g/mol. The average Bonchev–Trinajstić information content (AvgIpc) is 2.68. The van der Waals surface area contributed by atoms with Gasteiger partial charge in [0.15, 0.2) is 11.5 Å². The molecule has 1 atom stereocenters. The van der Waals surface area contributed by atoms with Crippen LogP contribution in [-0.2, 0) is 0 Å². The van der Waals surface area contributed by atoms with E-state index in [2.05, 4.69) is 17.3 Å². The molecule has 2 rings (SSSR count). The van der Waals surface area contributed by atoms with Gasteiger partial charge in [0.2, 0.25) is 0 Å². The Bertz CT molecular complexity index is 373. The van der Waals surface area contributed by atoms with Gasteiger partial charge in [0.1, 0.15) is 5.76 Å². The number of Topliss-reactive ketones (excluding diaryl/α,β-unsaturated/α-hetero) is 1. The van der Waals surface area contributed by atoms with E-state index >= 15 is 0 Å². The molecule has 1 unspecified atom stereocenters. The second-order valence-electron chi connectivity index (χ2n) is 4.38. The second-order valence-corrected chi connectivity index (χ2v) is 4.38. The Morgan fingerprint density at radius 3 is 3.06 bits per heavy atom. The molecule has 1 N–H and O–H groups in total. The highest BCUT2D eigenvalue weighted by Gasteiger charge is 2.23. The van der Waals surface area contributed by atoms with Crippen molar-refractivity contribution in [2.45, 2.75) is 19.4 Å². The van der Waals surface area contributed by atoms with Crippen LogP contribution in [0.1, 0.15) is 22.7 Å². The highest BCUT2D eigenvalue weighted by molar-refractivity contribution is 5.93. The van der Waals surface area contributed by atoms with Crippen molar-refractivity contribution >= 4 is 5.78 Å². The van der Waals surface area contributed by atoms with E-state index < -0.39 is 0 Å². The van der Waals surface area contributed by atoms with Crippen molar-refractivity contribution < 1.29 is 9.21 Å². The summed E-state index contributed by atoms with van der Waals surface area (Å²) in [6.45, 7) is 4.73. The summed E-state index contributed by atoms with van der Waals surface area (Å²) in [5, 5.41) is 3.30. The third-order valence-corrected chi connectivity index (χ3v) is 3.08. The summed E-state index contributed by atoms with van der Waals surface area (Å²) in [5.74, 6) is 1.36. The van der Waals surface area contributed by atoms with Crippen molar-refractivity contribution in [3.05, 3.63) is 23.7 Å². The van der Waals surface area contributed by atoms with Crippen molar-refractivity contribution in [2.24, 2.45) is 0 Å². The van der Waals surface area contributed by atoms with Gasteiger partial charge in [0.25, 0.3) is 0 Å². The Hall–Kier alpha value is -1.13. The van der Waals surface area contributed by atoms with Crippen molar-refractivity contribution in [1.29, 1.82) is 0 Å². The summed E-state index contributed by atoms with van der Waals surface area (Å²) in [6.07, 6.45) is 0.524. The van der Waals surface area contributed by atoms with E-state index in [1.807, 2.05) is 13.0 Å². The van der Waals surface area contributed by atoms with Crippen LogP contribution in [0, 0.1) is 6.92 Å². The molecule has 0 bridgehead atoms. The molecule has 0 spiro atoms. The first kappa shape index (κ1) is 11.4. The molecular formula is C12H18N2O2. The number of hydrogen-bond donors (Lipinski definition) is 1. The number of ketones is 1. The number of rotatable bonds is 3. The van der Waals surface area contributed by atoms with Crippen molar-refractivity contribution in [3.8, 4) is 0 Å². The van der Waals surface area contributed by atoms with Gasteiger partial charge in [-0.15, -0.1) is 0 Å². The number of nitrogens with zero attached hydrogens (tertiary/aromatic N) is 1. The minimum atomic E-state index is 0.0913. The van der Waals surface area contributed by atoms with Crippen LogP contribution in [0.15, 0.2) is 16.5 Å². The van der Waals surface area contributed by atoms with Crippen molar-refractivity contribution in [3.63, 3.8) is 0 Å². The number of likely N-dealkylation sites (N-methyl/N-ethyl adjacent to an activating group) is 1. The van der Waals surface area contributed by atoms with E-state index in [0.29, 0.717) is 12.2 Å². The zero-order valence-electron chi connectivity index (χ0n) is 9.82. The lowest BCUT2D eigenvalue weighted by molar-refractivity contribution is 0.0889. The summed E-state index contributed by atoms with van der Waals surface area (Å²) in [6, 6.07) is 3.87. The topological polar surface area (TPSA) is 45.5 Å². The second kappa shape index (κ2) is 4.80. The smallest absolute Gasteiger partial charge is 0.199 e. The summed E-state index contributed by atoms with van der Waals surface area (Å²) >= 11 is 0. The minimum Gasteiger partial charge on any atom is -0.458 e. The van der Waals surface area contributed by atoms with E-state index in [-0.39, 0.29) is 11.8 Å².